The first kappa shape index (κ1) is 14.9. The molecule has 6 heteroatoms. The van der Waals surface area contributed by atoms with E-state index in [9.17, 15) is 0 Å². The van der Waals surface area contributed by atoms with Gasteiger partial charge >= 0.3 is 0 Å². The summed E-state index contributed by atoms with van der Waals surface area (Å²) in [7, 11) is 0. The molecular weight excluding hydrogens is 272 g/mol. The Morgan fingerprint density at radius 2 is 2.20 bits per heavy atom. The van der Waals surface area contributed by atoms with Crippen molar-refractivity contribution < 1.29 is 4.74 Å². The number of hydrogen-bond donors (Lipinski definition) is 1. The maximum Gasteiger partial charge on any atom is 0.195 e. The quantitative estimate of drug-likeness (QED) is 0.830. The highest BCUT2D eigenvalue weighted by molar-refractivity contribution is 7.71. The highest BCUT2D eigenvalue weighted by Gasteiger charge is 2.21. The summed E-state index contributed by atoms with van der Waals surface area (Å²) in [5, 5.41) is 7.19. The summed E-state index contributed by atoms with van der Waals surface area (Å²) < 4.78 is 8.21. The number of nitrogens with zero attached hydrogens (tertiary/aromatic N) is 3. The molecular formula is C14H20N4OS. The van der Waals surface area contributed by atoms with Crippen LogP contribution in [-0.2, 0) is 4.74 Å². The van der Waals surface area contributed by atoms with E-state index in [2.05, 4.69) is 29.0 Å². The van der Waals surface area contributed by atoms with Gasteiger partial charge in [-0.3, -0.25) is 14.6 Å². The van der Waals surface area contributed by atoms with E-state index < -0.39 is 0 Å². The molecule has 0 saturated carbocycles. The van der Waals surface area contributed by atoms with Crippen molar-refractivity contribution in [2.75, 3.05) is 13.2 Å². The van der Waals surface area contributed by atoms with Crippen LogP contribution in [0.2, 0.25) is 0 Å². The molecule has 0 bridgehead atoms. The zero-order chi connectivity index (χ0) is 14.5. The van der Waals surface area contributed by atoms with Gasteiger partial charge in [0.15, 0.2) is 10.6 Å². The van der Waals surface area contributed by atoms with Crippen LogP contribution >= 0.6 is 12.2 Å². The Labute approximate surface area is 124 Å². The predicted octanol–water partition coefficient (Wildman–Crippen LogP) is 3.24. The van der Waals surface area contributed by atoms with Crippen LogP contribution in [0.1, 0.15) is 26.8 Å². The molecule has 0 saturated heterocycles. The van der Waals surface area contributed by atoms with E-state index in [-0.39, 0.29) is 6.04 Å². The third-order valence-corrected chi connectivity index (χ3v) is 3.48. The molecule has 2 aromatic heterocycles. The molecule has 2 heterocycles. The molecule has 0 aliphatic rings. The van der Waals surface area contributed by atoms with E-state index in [0.29, 0.717) is 23.9 Å². The Morgan fingerprint density at radius 3 is 2.80 bits per heavy atom. The van der Waals surface area contributed by atoms with Crippen molar-refractivity contribution >= 4 is 12.2 Å². The monoisotopic (exact) mass is 292 g/mol. The SMILES string of the molecule is CCOCC(C(C)C)n1c(-c2ccccn2)n[nH]c1=S. The second-order valence-corrected chi connectivity index (χ2v) is 5.29. The Balaban J connectivity index is 2.44. The Morgan fingerprint density at radius 1 is 1.40 bits per heavy atom. The lowest BCUT2D eigenvalue weighted by Gasteiger charge is -2.23. The molecule has 2 aromatic rings. The van der Waals surface area contributed by atoms with Gasteiger partial charge in [-0.25, -0.2) is 0 Å². The molecule has 2 rings (SSSR count). The maximum absolute atomic E-state index is 5.60. The van der Waals surface area contributed by atoms with Crippen LogP contribution in [0.3, 0.4) is 0 Å². The van der Waals surface area contributed by atoms with E-state index in [1.165, 1.54) is 0 Å². The summed E-state index contributed by atoms with van der Waals surface area (Å²) in [5.41, 5.74) is 0.807. The number of aromatic nitrogens is 4. The number of aromatic amines is 1. The standard InChI is InChI=1S/C14H20N4OS/c1-4-19-9-12(10(2)3)18-13(16-17-14(18)20)11-7-5-6-8-15-11/h5-8,10,12H,4,9H2,1-3H3,(H,17,20). The smallest absolute Gasteiger partial charge is 0.195 e. The van der Waals surface area contributed by atoms with E-state index in [0.717, 1.165) is 11.5 Å². The van der Waals surface area contributed by atoms with E-state index >= 15 is 0 Å². The van der Waals surface area contributed by atoms with Crippen molar-refractivity contribution in [2.45, 2.75) is 26.8 Å². The highest BCUT2D eigenvalue weighted by atomic mass is 32.1. The van der Waals surface area contributed by atoms with Crippen LogP contribution in [0.25, 0.3) is 11.5 Å². The van der Waals surface area contributed by atoms with E-state index in [1.54, 1.807) is 6.20 Å². The van der Waals surface area contributed by atoms with Gasteiger partial charge in [0.2, 0.25) is 0 Å². The van der Waals surface area contributed by atoms with Crippen LogP contribution in [0.4, 0.5) is 0 Å². The molecule has 1 unspecified atom stereocenters. The summed E-state index contributed by atoms with van der Waals surface area (Å²) in [6.45, 7) is 7.60. The zero-order valence-corrected chi connectivity index (χ0v) is 12.9. The number of rotatable bonds is 6. The average Bonchev–Trinajstić information content (AvgIpc) is 2.82. The minimum Gasteiger partial charge on any atom is -0.380 e. The fourth-order valence-electron chi connectivity index (χ4n) is 2.09. The Kier molecular flexibility index (Phi) is 5.03. The lowest BCUT2D eigenvalue weighted by atomic mass is 10.0. The number of nitrogens with one attached hydrogen (secondary N) is 1. The number of ether oxygens (including phenoxy) is 1. The highest BCUT2D eigenvalue weighted by Crippen LogP contribution is 2.24. The second kappa shape index (κ2) is 6.76. The maximum atomic E-state index is 5.60. The Bertz CT molecular complexity index is 591. The molecule has 0 aliphatic carbocycles. The number of pyridine rings is 1. The van der Waals surface area contributed by atoms with Crippen LogP contribution in [0.15, 0.2) is 24.4 Å². The molecule has 0 aromatic carbocycles. The fourth-order valence-corrected chi connectivity index (χ4v) is 2.36. The fraction of sp³-hybridized carbons (Fsp3) is 0.500. The first-order valence-corrected chi connectivity index (χ1v) is 7.22. The van der Waals surface area contributed by atoms with Gasteiger partial charge in [0.1, 0.15) is 5.69 Å². The van der Waals surface area contributed by atoms with Crippen LogP contribution in [-0.4, -0.2) is 33.0 Å². The molecule has 108 valence electrons. The lowest BCUT2D eigenvalue weighted by molar-refractivity contribution is 0.0964. The molecule has 20 heavy (non-hydrogen) atoms. The summed E-state index contributed by atoms with van der Waals surface area (Å²) in [4.78, 5) is 4.35. The third kappa shape index (κ3) is 3.13. The topological polar surface area (TPSA) is 55.7 Å². The second-order valence-electron chi connectivity index (χ2n) is 4.91. The van der Waals surface area contributed by atoms with Crippen molar-refractivity contribution in [1.29, 1.82) is 0 Å². The van der Waals surface area contributed by atoms with Gasteiger partial charge in [0.25, 0.3) is 0 Å². The van der Waals surface area contributed by atoms with Crippen molar-refractivity contribution in [3.63, 3.8) is 0 Å². The van der Waals surface area contributed by atoms with Gasteiger partial charge in [0.05, 0.1) is 12.6 Å². The number of hydrogen-bond acceptors (Lipinski definition) is 4. The van der Waals surface area contributed by atoms with E-state index in [4.69, 9.17) is 17.0 Å². The summed E-state index contributed by atoms with van der Waals surface area (Å²) in [6.07, 6.45) is 1.75. The van der Waals surface area contributed by atoms with Crippen LogP contribution in [0.5, 0.6) is 0 Å². The molecule has 0 amide bonds. The molecule has 0 spiro atoms. The summed E-state index contributed by atoms with van der Waals surface area (Å²) >= 11 is 5.38. The minimum absolute atomic E-state index is 0.137. The number of H-pyrrole nitrogens is 1. The molecule has 5 nitrogen and oxygen atoms in total. The van der Waals surface area contributed by atoms with Crippen molar-refractivity contribution in [3.8, 4) is 11.5 Å². The normalized spacial score (nSPS) is 12.8. The first-order valence-electron chi connectivity index (χ1n) is 6.81. The summed E-state index contributed by atoms with van der Waals surface area (Å²) in [5.74, 6) is 1.14. The van der Waals surface area contributed by atoms with Crippen LogP contribution < -0.4 is 0 Å². The van der Waals surface area contributed by atoms with Crippen molar-refractivity contribution in [1.82, 2.24) is 19.7 Å². The van der Waals surface area contributed by atoms with Gasteiger partial charge in [-0.15, -0.1) is 0 Å². The molecule has 0 fully saturated rings. The van der Waals surface area contributed by atoms with Gasteiger partial charge in [-0.05, 0) is 37.2 Å². The molecule has 0 aliphatic heterocycles. The van der Waals surface area contributed by atoms with Crippen molar-refractivity contribution in [3.05, 3.63) is 29.2 Å². The molecule has 1 atom stereocenters. The Hall–Kier alpha value is -1.53. The average molecular weight is 292 g/mol. The van der Waals surface area contributed by atoms with Crippen LogP contribution in [0, 0.1) is 10.7 Å². The lowest BCUT2D eigenvalue weighted by Crippen LogP contribution is -2.22. The van der Waals surface area contributed by atoms with Crippen molar-refractivity contribution in [2.24, 2.45) is 5.92 Å². The van der Waals surface area contributed by atoms with Gasteiger partial charge in [-0.1, -0.05) is 19.9 Å². The molecule has 1 N–H and O–H groups in total. The third-order valence-electron chi connectivity index (χ3n) is 3.19. The van der Waals surface area contributed by atoms with Gasteiger partial charge in [0, 0.05) is 12.8 Å². The first-order chi connectivity index (χ1) is 9.65. The largest absolute Gasteiger partial charge is 0.380 e. The van der Waals surface area contributed by atoms with Gasteiger partial charge < -0.3 is 4.74 Å². The zero-order valence-electron chi connectivity index (χ0n) is 12.0. The van der Waals surface area contributed by atoms with E-state index in [1.807, 2.05) is 29.7 Å². The predicted molar refractivity (Wildman–Crippen MR) is 81.0 cm³/mol. The molecule has 0 radical (unpaired) electrons. The van der Waals surface area contributed by atoms with Gasteiger partial charge in [-0.2, -0.15) is 5.10 Å². The minimum atomic E-state index is 0.137. The summed E-state index contributed by atoms with van der Waals surface area (Å²) in [6, 6.07) is 5.89.